The highest BCUT2D eigenvalue weighted by Gasteiger charge is 2.14. The number of benzene rings is 2. The van der Waals surface area contributed by atoms with Crippen LogP contribution in [-0.4, -0.2) is 15.7 Å². The van der Waals surface area contributed by atoms with E-state index in [1.165, 1.54) is 5.56 Å². The number of carbonyl (C=O) groups is 1. The van der Waals surface area contributed by atoms with E-state index in [2.05, 4.69) is 41.6 Å². The Bertz CT molecular complexity index is 1170. The number of ether oxygens (including phenoxy) is 1. The van der Waals surface area contributed by atoms with Crippen LogP contribution in [0.1, 0.15) is 33.0 Å². The van der Waals surface area contributed by atoms with E-state index in [9.17, 15) is 4.79 Å². The third-order valence-corrected chi connectivity index (χ3v) is 5.06. The van der Waals surface area contributed by atoms with Gasteiger partial charge in [0, 0.05) is 6.20 Å². The number of amides is 1. The van der Waals surface area contributed by atoms with E-state index in [1.54, 1.807) is 35.3 Å². The summed E-state index contributed by atoms with van der Waals surface area (Å²) in [4.78, 5) is 12.5. The average molecular weight is 436 g/mol. The van der Waals surface area contributed by atoms with Crippen LogP contribution in [0.2, 0.25) is 5.02 Å². The summed E-state index contributed by atoms with van der Waals surface area (Å²) in [6.45, 7) is 4.77. The molecule has 4 aromatic rings. The number of anilines is 1. The maximum atomic E-state index is 12.5. The molecule has 2 aromatic carbocycles. The number of nitrogens with zero attached hydrogens (tertiary/aromatic N) is 2. The van der Waals surface area contributed by atoms with Gasteiger partial charge in [0.25, 0.3) is 5.91 Å². The molecule has 0 spiro atoms. The molecule has 158 valence electrons. The highest BCUT2D eigenvalue weighted by atomic mass is 35.5. The van der Waals surface area contributed by atoms with E-state index in [0.717, 1.165) is 11.1 Å². The Morgan fingerprint density at radius 3 is 2.71 bits per heavy atom. The zero-order chi connectivity index (χ0) is 21.8. The quantitative estimate of drug-likeness (QED) is 0.408. The fourth-order valence-electron chi connectivity index (χ4n) is 3.11. The summed E-state index contributed by atoms with van der Waals surface area (Å²) in [6, 6.07) is 17.1. The molecule has 6 nitrogen and oxygen atoms in total. The number of hydrogen-bond donors (Lipinski definition) is 1. The first-order valence-corrected chi connectivity index (χ1v) is 10.2. The summed E-state index contributed by atoms with van der Waals surface area (Å²) in [6.07, 6.45) is 3.39. The van der Waals surface area contributed by atoms with E-state index in [-0.39, 0.29) is 18.3 Å². The second-order valence-corrected chi connectivity index (χ2v) is 7.71. The molecule has 0 aliphatic rings. The Hall–Kier alpha value is -3.51. The van der Waals surface area contributed by atoms with Crippen molar-refractivity contribution in [2.24, 2.45) is 0 Å². The lowest BCUT2D eigenvalue weighted by Crippen LogP contribution is -2.10. The van der Waals surface area contributed by atoms with Crippen molar-refractivity contribution < 1.29 is 13.9 Å². The van der Waals surface area contributed by atoms with Gasteiger partial charge >= 0.3 is 0 Å². The molecule has 0 atom stereocenters. The average Bonchev–Trinajstić information content (AvgIpc) is 3.39. The predicted octanol–water partition coefficient (Wildman–Crippen LogP) is 5.63. The van der Waals surface area contributed by atoms with Crippen LogP contribution in [0.4, 0.5) is 5.69 Å². The van der Waals surface area contributed by atoms with Gasteiger partial charge in [-0.1, -0.05) is 53.6 Å². The Labute approximate surface area is 185 Å². The highest BCUT2D eigenvalue weighted by Crippen LogP contribution is 2.28. The fourth-order valence-corrected chi connectivity index (χ4v) is 3.38. The number of rotatable bonds is 7. The zero-order valence-corrected chi connectivity index (χ0v) is 18.0. The van der Waals surface area contributed by atoms with Crippen LogP contribution in [-0.2, 0) is 13.2 Å². The van der Waals surface area contributed by atoms with Gasteiger partial charge in [0.2, 0.25) is 0 Å². The fraction of sp³-hybridized carbons (Fsp3) is 0.167. The van der Waals surface area contributed by atoms with Gasteiger partial charge in [0.15, 0.2) is 5.76 Å². The van der Waals surface area contributed by atoms with E-state index in [0.29, 0.717) is 28.8 Å². The van der Waals surface area contributed by atoms with E-state index < -0.39 is 0 Å². The lowest BCUT2D eigenvalue weighted by Gasteiger charge is -2.09. The van der Waals surface area contributed by atoms with Crippen LogP contribution >= 0.6 is 11.6 Å². The monoisotopic (exact) mass is 435 g/mol. The first-order valence-electron chi connectivity index (χ1n) is 9.84. The molecule has 7 heteroatoms. The molecule has 0 fully saturated rings. The van der Waals surface area contributed by atoms with Gasteiger partial charge in [-0.25, -0.2) is 0 Å². The lowest BCUT2D eigenvalue weighted by atomic mass is 10.1. The van der Waals surface area contributed by atoms with Crippen LogP contribution in [0.15, 0.2) is 71.4 Å². The first kappa shape index (κ1) is 20.8. The summed E-state index contributed by atoms with van der Waals surface area (Å²) in [5, 5.41) is 7.64. The normalized spacial score (nSPS) is 10.8. The molecule has 2 aromatic heterocycles. The SMILES string of the molecule is Cc1ccc(Cn2cc(NC(=O)c3ccc(COc4c(C)cccc4Cl)o3)cn2)cc1. The smallest absolute Gasteiger partial charge is 0.291 e. The molecule has 0 aliphatic carbocycles. The van der Waals surface area contributed by atoms with Crippen molar-refractivity contribution in [1.82, 2.24) is 9.78 Å². The van der Waals surface area contributed by atoms with E-state index in [4.69, 9.17) is 20.8 Å². The molecule has 0 unspecified atom stereocenters. The van der Waals surface area contributed by atoms with Crippen LogP contribution < -0.4 is 10.1 Å². The molecule has 0 saturated carbocycles. The highest BCUT2D eigenvalue weighted by molar-refractivity contribution is 6.32. The Morgan fingerprint density at radius 2 is 1.94 bits per heavy atom. The second kappa shape index (κ2) is 9.10. The van der Waals surface area contributed by atoms with E-state index >= 15 is 0 Å². The second-order valence-electron chi connectivity index (χ2n) is 7.31. The molecule has 0 aliphatic heterocycles. The van der Waals surface area contributed by atoms with Gasteiger partial charge in [-0.15, -0.1) is 0 Å². The Morgan fingerprint density at radius 1 is 1.13 bits per heavy atom. The summed E-state index contributed by atoms with van der Waals surface area (Å²) in [5.41, 5.74) is 3.87. The molecule has 4 rings (SSSR count). The minimum atomic E-state index is -0.352. The maximum Gasteiger partial charge on any atom is 0.291 e. The lowest BCUT2D eigenvalue weighted by molar-refractivity contribution is 0.0992. The van der Waals surface area contributed by atoms with E-state index in [1.807, 2.05) is 19.1 Å². The molecule has 2 heterocycles. The molecule has 1 N–H and O–H groups in total. The summed E-state index contributed by atoms with van der Waals surface area (Å²) in [5.74, 6) is 0.975. The number of nitrogens with one attached hydrogen (secondary N) is 1. The number of aromatic nitrogens is 2. The van der Waals surface area contributed by atoms with Crippen molar-refractivity contribution in [2.75, 3.05) is 5.32 Å². The topological polar surface area (TPSA) is 69.3 Å². The zero-order valence-electron chi connectivity index (χ0n) is 17.3. The minimum Gasteiger partial charge on any atom is -0.484 e. The Balaban J connectivity index is 1.35. The van der Waals surface area contributed by atoms with Crippen molar-refractivity contribution in [3.8, 4) is 5.75 Å². The van der Waals surface area contributed by atoms with Gasteiger partial charge in [0.1, 0.15) is 18.1 Å². The van der Waals surface area contributed by atoms with Gasteiger partial charge < -0.3 is 14.5 Å². The molecular weight excluding hydrogens is 414 g/mol. The van der Waals surface area contributed by atoms with Crippen molar-refractivity contribution >= 4 is 23.2 Å². The van der Waals surface area contributed by atoms with Gasteiger partial charge in [-0.05, 0) is 43.2 Å². The van der Waals surface area contributed by atoms with Crippen LogP contribution in [0.5, 0.6) is 5.75 Å². The van der Waals surface area contributed by atoms with Crippen molar-refractivity contribution in [2.45, 2.75) is 27.0 Å². The first-order chi connectivity index (χ1) is 15.0. The van der Waals surface area contributed by atoms with Crippen molar-refractivity contribution in [1.29, 1.82) is 0 Å². The third kappa shape index (κ3) is 5.16. The summed E-state index contributed by atoms with van der Waals surface area (Å²) >= 11 is 6.17. The molecule has 31 heavy (non-hydrogen) atoms. The van der Waals surface area contributed by atoms with Crippen LogP contribution in [0.25, 0.3) is 0 Å². The molecule has 0 saturated heterocycles. The summed E-state index contributed by atoms with van der Waals surface area (Å²) in [7, 11) is 0. The van der Waals surface area contributed by atoms with Crippen molar-refractivity contribution in [3.05, 3.63) is 100 Å². The molecular formula is C24H22ClN3O3. The van der Waals surface area contributed by atoms with Crippen molar-refractivity contribution in [3.63, 3.8) is 0 Å². The number of aryl methyl sites for hydroxylation is 2. The largest absolute Gasteiger partial charge is 0.484 e. The summed E-state index contributed by atoms with van der Waals surface area (Å²) < 4.78 is 13.2. The molecule has 1 amide bonds. The molecule has 0 radical (unpaired) electrons. The predicted molar refractivity (Wildman–Crippen MR) is 120 cm³/mol. The minimum absolute atomic E-state index is 0.173. The van der Waals surface area contributed by atoms with Gasteiger partial charge in [-0.3, -0.25) is 9.48 Å². The number of para-hydroxylation sites is 1. The number of carbonyl (C=O) groups excluding carboxylic acids is 1. The standard InChI is InChI=1S/C24H22ClN3O3/c1-16-6-8-18(9-7-16)13-28-14-19(12-26-28)27-24(29)22-11-10-20(31-22)15-30-23-17(2)4-3-5-21(23)25/h3-12,14H,13,15H2,1-2H3,(H,27,29). The van der Waals surface area contributed by atoms with Crippen LogP contribution in [0, 0.1) is 13.8 Å². The number of hydrogen-bond acceptors (Lipinski definition) is 4. The number of halogens is 1. The molecule has 0 bridgehead atoms. The Kier molecular flexibility index (Phi) is 6.09. The van der Waals surface area contributed by atoms with Gasteiger partial charge in [0.05, 0.1) is 23.5 Å². The maximum absolute atomic E-state index is 12.5. The third-order valence-electron chi connectivity index (χ3n) is 4.76. The number of furan rings is 1. The van der Waals surface area contributed by atoms with Gasteiger partial charge in [-0.2, -0.15) is 5.10 Å². The van der Waals surface area contributed by atoms with Crippen LogP contribution in [0.3, 0.4) is 0 Å².